The molecule has 1 aromatic rings. The van der Waals surface area contributed by atoms with Crippen molar-refractivity contribution in [1.82, 2.24) is 0 Å². The quantitative estimate of drug-likeness (QED) is 0.875. The Kier molecular flexibility index (Phi) is 4.87. The number of benzene rings is 1. The summed E-state index contributed by atoms with van der Waals surface area (Å²) in [4.78, 5) is 0. The second-order valence-corrected chi connectivity index (χ2v) is 6.12. The van der Waals surface area contributed by atoms with Crippen molar-refractivity contribution >= 4 is 0 Å². The van der Waals surface area contributed by atoms with E-state index < -0.39 is 6.10 Å². The molecule has 0 bridgehead atoms. The Balaban J connectivity index is 2.10. The number of aliphatic hydroxyl groups excluding tert-OH is 1. The highest BCUT2D eigenvalue weighted by molar-refractivity contribution is 5.35. The van der Waals surface area contributed by atoms with Gasteiger partial charge in [-0.2, -0.15) is 0 Å². The lowest BCUT2D eigenvalue weighted by atomic mass is 9.82. The molecule has 1 aliphatic carbocycles. The average Bonchev–Trinajstić information content (AvgIpc) is 2.37. The fourth-order valence-corrected chi connectivity index (χ4v) is 3.23. The normalized spacial score (nSPS) is 28.9. The van der Waals surface area contributed by atoms with E-state index in [4.69, 9.17) is 4.74 Å². The summed E-state index contributed by atoms with van der Waals surface area (Å²) in [5, 5.41) is 10.1. The van der Waals surface area contributed by atoms with Gasteiger partial charge in [0.15, 0.2) is 0 Å². The summed E-state index contributed by atoms with van der Waals surface area (Å²) in [5.74, 6) is 2.33. The molecule has 1 N–H and O–H groups in total. The number of hydrogen-bond donors (Lipinski definition) is 1. The van der Waals surface area contributed by atoms with E-state index in [-0.39, 0.29) is 0 Å². The van der Waals surface area contributed by atoms with Crippen LogP contribution in [0.2, 0.25) is 0 Å². The van der Waals surface area contributed by atoms with Crippen LogP contribution in [0.25, 0.3) is 0 Å². The van der Waals surface area contributed by atoms with E-state index in [2.05, 4.69) is 13.8 Å². The number of para-hydroxylation sites is 1. The van der Waals surface area contributed by atoms with Gasteiger partial charge < -0.3 is 9.84 Å². The van der Waals surface area contributed by atoms with Gasteiger partial charge in [-0.1, -0.05) is 39.0 Å². The van der Waals surface area contributed by atoms with Gasteiger partial charge in [-0.15, -0.1) is 0 Å². The minimum Gasteiger partial charge on any atom is -0.490 e. The molecule has 2 heteroatoms. The molecule has 19 heavy (non-hydrogen) atoms. The summed E-state index contributed by atoms with van der Waals surface area (Å²) in [6.07, 6.45) is 4.15. The van der Waals surface area contributed by atoms with E-state index >= 15 is 0 Å². The molecule has 0 radical (unpaired) electrons. The number of aliphatic hydroxyl groups is 1. The lowest BCUT2D eigenvalue weighted by Gasteiger charge is -2.32. The van der Waals surface area contributed by atoms with Gasteiger partial charge in [0.1, 0.15) is 5.75 Å². The van der Waals surface area contributed by atoms with Crippen LogP contribution in [0.1, 0.15) is 58.1 Å². The minimum absolute atomic E-state index is 0.295. The van der Waals surface area contributed by atoms with Crippen molar-refractivity contribution < 1.29 is 9.84 Å². The van der Waals surface area contributed by atoms with Gasteiger partial charge in [-0.05, 0) is 43.6 Å². The minimum atomic E-state index is -0.422. The van der Waals surface area contributed by atoms with E-state index in [1.165, 1.54) is 6.42 Å². The van der Waals surface area contributed by atoms with Crippen LogP contribution in [0.5, 0.6) is 5.75 Å². The van der Waals surface area contributed by atoms with Crippen LogP contribution in [0, 0.1) is 11.8 Å². The van der Waals surface area contributed by atoms with E-state index in [0.717, 1.165) is 42.4 Å². The monoisotopic (exact) mass is 262 g/mol. The molecule has 2 rings (SSSR count). The molecule has 0 amide bonds. The standard InChI is InChI=1S/C17H26O2/c1-4-16(18)15-7-5-6-8-17(15)19-14-10-12(2)9-13(3)11-14/h5-8,12-14,16,18H,4,9-11H2,1-3H3/t12?,13?,14?,16-/m1/s1. The highest BCUT2D eigenvalue weighted by Gasteiger charge is 2.26. The van der Waals surface area contributed by atoms with Crippen LogP contribution in [-0.2, 0) is 0 Å². The predicted molar refractivity (Wildman–Crippen MR) is 78.3 cm³/mol. The molecular weight excluding hydrogens is 236 g/mol. The summed E-state index contributed by atoms with van der Waals surface area (Å²) >= 11 is 0. The number of hydrogen-bond acceptors (Lipinski definition) is 2. The highest BCUT2D eigenvalue weighted by atomic mass is 16.5. The molecule has 0 saturated heterocycles. The van der Waals surface area contributed by atoms with E-state index in [1.807, 2.05) is 31.2 Å². The maximum atomic E-state index is 10.1. The third-order valence-corrected chi connectivity index (χ3v) is 4.09. The molecule has 1 aromatic carbocycles. The summed E-state index contributed by atoms with van der Waals surface area (Å²) < 4.78 is 6.19. The van der Waals surface area contributed by atoms with Crippen LogP contribution < -0.4 is 4.74 Å². The fraction of sp³-hybridized carbons (Fsp3) is 0.647. The molecule has 1 aliphatic rings. The van der Waals surface area contributed by atoms with Crippen molar-refractivity contribution in [3.8, 4) is 5.75 Å². The largest absolute Gasteiger partial charge is 0.490 e. The average molecular weight is 262 g/mol. The highest BCUT2D eigenvalue weighted by Crippen LogP contribution is 2.34. The SMILES string of the molecule is CC[C@@H](O)c1ccccc1OC1CC(C)CC(C)C1. The zero-order valence-electron chi connectivity index (χ0n) is 12.3. The molecular formula is C17H26O2. The third-order valence-electron chi connectivity index (χ3n) is 4.09. The van der Waals surface area contributed by atoms with Gasteiger partial charge in [0.2, 0.25) is 0 Å². The second kappa shape index (κ2) is 6.42. The zero-order chi connectivity index (χ0) is 13.8. The van der Waals surface area contributed by atoms with Gasteiger partial charge in [0, 0.05) is 5.56 Å². The van der Waals surface area contributed by atoms with E-state index in [0.29, 0.717) is 6.10 Å². The van der Waals surface area contributed by atoms with Crippen molar-refractivity contribution in [2.24, 2.45) is 11.8 Å². The second-order valence-electron chi connectivity index (χ2n) is 6.12. The molecule has 1 saturated carbocycles. The molecule has 0 heterocycles. The summed E-state index contributed by atoms with van der Waals surface area (Å²) in [6, 6.07) is 7.90. The molecule has 0 aliphatic heterocycles. The van der Waals surface area contributed by atoms with Crippen molar-refractivity contribution in [3.05, 3.63) is 29.8 Å². The fourth-order valence-electron chi connectivity index (χ4n) is 3.23. The summed E-state index contributed by atoms with van der Waals surface area (Å²) in [7, 11) is 0. The molecule has 2 nitrogen and oxygen atoms in total. The molecule has 106 valence electrons. The summed E-state index contributed by atoms with van der Waals surface area (Å²) in [6.45, 7) is 6.60. The van der Waals surface area contributed by atoms with Gasteiger partial charge in [-0.25, -0.2) is 0 Å². The first-order chi connectivity index (χ1) is 9.10. The number of ether oxygens (including phenoxy) is 1. The molecule has 3 atom stereocenters. The lowest BCUT2D eigenvalue weighted by Crippen LogP contribution is -2.28. The first-order valence-corrected chi connectivity index (χ1v) is 7.53. The topological polar surface area (TPSA) is 29.5 Å². The van der Waals surface area contributed by atoms with Crippen LogP contribution in [0.3, 0.4) is 0 Å². The Morgan fingerprint density at radius 2 is 1.79 bits per heavy atom. The van der Waals surface area contributed by atoms with Crippen molar-refractivity contribution in [2.75, 3.05) is 0 Å². The van der Waals surface area contributed by atoms with Crippen LogP contribution >= 0.6 is 0 Å². The maximum absolute atomic E-state index is 10.1. The Hall–Kier alpha value is -1.02. The third kappa shape index (κ3) is 3.73. The van der Waals surface area contributed by atoms with E-state index in [9.17, 15) is 5.11 Å². The van der Waals surface area contributed by atoms with Crippen LogP contribution in [0.4, 0.5) is 0 Å². The summed E-state index contributed by atoms with van der Waals surface area (Å²) in [5.41, 5.74) is 0.927. The Morgan fingerprint density at radius 3 is 2.42 bits per heavy atom. The van der Waals surface area contributed by atoms with Gasteiger partial charge >= 0.3 is 0 Å². The van der Waals surface area contributed by atoms with Gasteiger partial charge in [-0.3, -0.25) is 0 Å². The van der Waals surface area contributed by atoms with Crippen LogP contribution in [-0.4, -0.2) is 11.2 Å². The lowest BCUT2D eigenvalue weighted by molar-refractivity contribution is 0.0944. The Morgan fingerprint density at radius 1 is 1.16 bits per heavy atom. The van der Waals surface area contributed by atoms with Crippen LogP contribution in [0.15, 0.2) is 24.3 Å². The molecule has 0 spiro atoms. The first kappa shape index (κ1) is 14.4. The van der Waals surface area contributed by atoms with Gasteiger partial charge in [0.05, 0.1) is 12.2 Å². The smallest absolute Gasteiger partial charge is 0.125 e. The zero-order valence-corrected chi connectivity index (χ0v) is 12.3. The molecule has 2 unspecified atom stereocenters. The predicted octanol–water partition coefficient (Wildman–Crippen LogP) is 4.33. The molecule has 0 aromatic heterocycles. The Labute approximate surface area is 116 Å². The van der Waals surface area contributed by atoms with E-state index in [1.54, 1.807) is 0 Å². The van der Waals surface area contributed by atoms with Gasteiger partial charge in [0.25, 0.3) is 0 Å². The number of rotatable bonds is 4. The van der Waals surface area contributed by atoms with Crippen molar-refractivity contribution in [3.63, 3.8) is 0 Å². The van der Waals surface area contributed by atoms with Crippen molar-refractivity contribution in [2.45, 2.75) is 58.7 Å². The Bertz CT molecular complexity index is 392. The first-order valence-electron chi connectivity index (χ1n) is 7.53. The maximum Gasteiger partial charge on any atom is 0.125 e. The molecule has 1 fully saturated rings. The van der Waals surface area contributed by atoms with Crippen molar-refractivity contribution in [1.29, 1.82) is 0 Å².